The molecule has 0 aliphatic rings. The van der Waals surface area contributed by atoms with Gasteiger partial charge >= 0.3 is 0 Å². The Bertz CT molecular complexity index is 565. The molecule has 3 nitrogen and oxygen atoms in total. The second kappa shape index (κ2) is 5.20. The third kappa shape index (κ3) is 2.47. The first-order valence-electron chi connectivity index (χ1n) is 5.67. The van der Waals surface area contributed by atoms with E-state index in [1.165, 1.54) is 6.07 Å². The molecular weight excluding hydrogens is 297 g/mol. The topological polar surface area (TPSA) is 43.8 Å². The molecule has 2 rings (SSSR count). The summed E-state index contributed by atoms with van der Waals surface area (Å²) in [6.07, 6.45) is 2.35. The largest absolute Gasteiger partial charge is 0.324 e. The maximum Gasteiger partial charge on any atom is 0.137 e. The minimum Gasteiger partial charge on any atom is -0.324 e. The summed E-state index contributed by atoms with van der Waals surface area (Å²) in [7, 11) is 1.88. The zero-order valence-corrected chi connectivity index (χ0v) is 11.9. The minimum atomic E-state index is -0.261. The summed E-state index contributed by atoms with van der Waals surface area (Å²) < 4.78 is 15.7. The van der Waals surface area contributed by atoms with E-state index in [0.717, 1.165) is 16.8 Å². The predicted octanol–water partition coefficient (Wildman–Crippen LogP) is 2.87. The molecule has 0 bridgehead atoms. The number of nitrogens with zero attached hydrogens (tertiary/aromatic N) is 2. The molecule has 0 aliphatic carbocycles. The van der Waals surface area contributed by atoms with E-state index in [1.807, 2.05) is 20.0 Å². The van der Waals surface area contributed by atoms with Crippen LogP contribution < -0.4 is 5.73 Å². The minimum absolute atomic E-state index is 0.184. The Morgan fingerprint density at radius 1 is 1.50 bits per heavy atom. The van der Waals surface area contributed by atoms with Gasteiger partial charge in [-0.2, -0.15) is 5.10 Å². The highest BCUT2D eigenvalue weighted by molar-refractivity contribution is 9.10. The van der Waals surface area contributed by atoms with E-state index in [-0.39, 0.29) is 11.9 Å². The van der Waals surface area contributed by atoms with E-state index in [0.29, 0.717) is 10.9 Å². The van der Waals surface area contributed by atoms with Gasteiger partial charge in [0.1, 0.15) is 5.82 Å². The van der Waals surface area contributed by atoms with Gasteiger partial charge in [0, 0.05) is 24.3 Å². The van der Waals surface area contributed by atoms with Crippen molar-refractivity contribution < 1.29 is 4.39 Å². The van der Waals surface area contributed by atoms with E-state index in [9.17, 15) is 4.39 Å². The number of halogens is 2. The van der Waals surface area contributed by atoms with Crippen molar-refractivity contribution in [1.82, 2.24) is 9.78 Å². The third-order valence-corrected chi connectivity index (χ3v) is 4.03. The molecular formula is C13H15BrFN3. The fraction of sp³-hybridized carbons (Fsp3) is 0.308. The number of aryl methyl sites for hydroxylation is 1. The molecule has 18 heavy (non-hydrogen) atoms. The summed E-state index contributed by atoms with van der Waals surface area (Å²) in [6, 6.07) is 4.81. The third-order valence-electron chi connectivity index (χ3n) is 3.14. The highest BCUT2D eigenvalue weighted by Gasteiger charge is 2.15. The Balaban J connectivity index is 2.24. The average molecular weight is 312 g/mol. The summed E-state index contributed by atoms with van der Waals surface area (Å²) in [5.41, 5.74) is 9.06. The first kappa shape index (κ1) is 13.2. The molecule has 1 heterocycles. The summed E-state index contributed by atoms with van der Waals surface area (Å²) in [5, 5.41) is 4.17. The monoisotopic (exact) mass is 311 g/mol. The fourth-order valence-corrected chi connectivity index (χ4v) is 2.36. The van der Waals surface area contributed by atoms with Gasteiger partial charge in [-0.25, -0.2) is 4.39 Å². The first-order chi connectivity index (χ1) is 8.50. The molecule has 2 aromatic rings. The molecule has 0 amide bonds. The van der Waals surface area contributed by atoms with Crippen LogP contribution in [0.5, 0.6) is 0 Å². The number of nitrogens with two attached hydrogens (primary N) is 1. The Hall–Kier alpha value is -1.20. The van der Waals surface area contributed by atoms with Gasteiger partial charge in [-0.1, -0.05) is 12.1 Å². The van der Waals surface area contributed by atoms with Crippen LogP contribution in [-0.4, -0.2) is 9.78 Å². The van der Waals surface area contributed by atoms with Gasteiger partial charge in [-0.15, -0.1) is 0 Å². The fourth-order valence-electron chi connectivity index (χ4n) is 1.93. The predicted molar refractivity (Wildman–Crippen MR) is 72.7 cm³/mol. The van der Waals surface area contributed by atoms with Crippen LogP contribution in [0.2, 0.25) is 0 Å². The lowest BCUT2D eigenvalue weighted by Gasteiger charge is -2.13. The van der Waals surface area contributed by atoms with Crippen molar-refractivity contribution in [2.75, 3.05) is 0 Å². The zero-order chi connectivity index (χ0) is 13.3. The van der Waals surface area contributed by atoms with E-state index in [2.05, 4.69) is 21.0 Å². The van der Waals surface area contributed by atoms with E-state index < -0.39 is 0 Å². The van der Waals surface area contributed by atoms with E-state index in [4.69, 9.17) is 5.73 Å². The number of benzene rings is 1. The van der Waals surface area contributed by atoms with Crippen molar-refractivity contribution in [1.29, 1.82) is 0 Å². The van der Waals surface area contributed by atoms with Crippen LogP contribution in [0.4, 0.5) is 4.39 Å². The molecule has 5 heteroatoms. The van der Waals surface area contributed by atoms with Crippen LogP contribution in [0.25, 0.3) is 0 Å². The van der Waals surface area contributed by atoms with Crippen LogP contribution in [0, 0.1) is 12.7 Å². The molecule has 2 N–H and O–H groups in total. The molecule has 0 saturated heterocycles. The molecule has 1 unspecified atom stereocenters. The Morgan fingerprint density at radius 2 is 2.22 bits per heavy atom. The molecule has 96 valence electrons. The van der Waals surface area contributed by atoms with Gasteiger partial charge in [0.15, 0.2) is 0 Å². The molecule has 0 fully saturated rings. The molecule has 0 spiro atoms. The lowest BCUT2D eigenvalue weighted by Crippen LogP contribution is -2.14. The summed E-state index contributed by atoms with van der Waals surface area (Å²) in [4.78, 5) is 0. The van der Waals surface area contributed by atoms with Crippen LogP contribution in [0.15, 0.2) is 28.9 Å². The number of rotatable bonds is 3. The van der Waals surface area contributed by atoms with Gasteiger partial charge < -0.3 is 5.73 Å². The van der Waals surface area contributed by atoms with E-state index in [1.54, 1.807) is 16.9 Å². The Morgan fingerprint density at radius 3 is 2.83 bits per heavy atom. The normalized spacial score (nSPS) is 12.7. The molecule has 0 aliphatic heterocycles. The average Bonchev–Trinajstić information content (AvgIpc) is 2.66. The van der Waals surface area contributed by atoms with Crippen molar-refractivity contribution in [2.24, 2.45) is 12.8 Å². The lowest BCUT2D eigenvalue weighted by molar-refractivity contribution is 0.613. The van der Waals surface area contributed by atoms with E-state index >= 15 is 0 Å². The summed E-state index contributed by atoms with van der Waals surface area (Å²) >= 11 is 3.25. The highest BCUT2D eigenvalue weighted by Crippen LogP contribution is 2.25. The first-order valence-corrected chi connectivity index (χ1v) is 6.47. The lowest BCUT2D eigenvalue weighted by atomic mass is 10.0. The molecule has 1 aromatic heterocycles. The van der Waals surface area contributed by atoms with Gasteiger partial charge in [0.2, 0.25) is 0 Å². The quantitative estimate of drug-likeness (QED) is 0.947. The van der Waals surface area contributed by atoms with Crippen molar-refractivity contribution in [3.63, 3.8) is 0 Å². The van der Waals surface area contributed by atoms with Crippen molar-refractivity contribution in [2.45, 2.75) is 19.4 Å². The smallest absolute Gasteiger partial charge is 0.137 e. The summed E-state index contributed by atoms with van der Waals surface area (Å²) in [5.74, 6) is -0.261. The number of aromatic nitrogens is 2. The maximum atomic E-state index is 13.4. The van der Waals surface area contributed by atoms with Gasteiger partial charge in [-0.05, 0) is 40.9 Å². The van der Waals surface area contributed by atoms with Crippen molar-refractivity contribution in [3.8, 4) is 0 Å². The highest BCUT2D eigenvalue weighted by atomic mass is 79.9. The Kier molecular flexibility index (Phi) is 3.82. The number of hydrogen-bond donors (Lipinski definition) is 1. The zero-order valence-electron chi connectivity index (χ0n) is 10.3. The molecule has 1 aromatic carbocycles. The maximum absolute atomic E-state index is 13.4. The standard InChI is InChI=1S/C13H15BrFN3/c1-8-10(7-17-18(8)2)12(16)6-9-4-3-5-11(15)13(9)14/h3-5,7,12H,6,16H2,1-2H3. The van der Waals surface area contributed by atoms with Crippen LogP contribution in [0.3, 0.4) is 0 Å². The summed E-state index contributed by atoms with van der Waals surface area (Å²) in [6.45, 7) is 1.98. The van der Waals surface area contributed by atoms with Gasteiger partial charge in [0.25, 0.3) is 0 Å². The second-order valence-corrected chi connectivity index (χ2v) is 5.13. The van der Waals surface area contributed by atoms with Gasteiger partial charge in [0.05, 0.1) is 10.7 Å². The SMILES string of the molecule is Cc1c(C(N)Cc2cccc(F)c2Br)cnn1C. The van der Waals surface area contributed by atoms with Crippen LogP contribution >= 0.6 is 15.9 Å². The molecule has 0 radical (unpaired) electrons. The van der Waals surface area contributed by atoms with Crippen molar-refractivity contribution in [3.05, 3.63) is 51.5 Å². The molecule has 1 atom stereocenters. The second-order valence-electron chi connectivity index (χ2n) is 4.33. The van der Waals surface area contributed by atoms with Crippen LogP contribution in [0.1, 0.15) is 22.9 Å². The Labute approximate surface area is 114 Å². The van der Waals surface area contributed by atoms with Crippen LogP contribution in [-0.2, 0) is 13.5 Å². The number of hydrogen-bond acceptors (Lipinski definition) is 2. The van der Waals surface area contributed by atoms with Crippen molar-refractivity contribution >= 4 is 15.9 Å². The van der Waals surface area contributed by atoms with Gasteiger partial charge in [-0.3, -0.25) is 4.68 Å². The molecule has 0 saturated carbocycles.